The molecule has 204 valence electrons. The summed E-state index contributed by atoms with van der Waals surface area (Å²) in [6.45, 7) is 3.23. The first-order chi connectivity index (χ1) is 17.2. The van der Waals surface area contributed by atoms with Crippen LogP contribution < -0.4 is 27.4 Å². The number of amides is 4. The molecule has 4 atom stereocenters. The van der Waals surface area contributed by atoms with Crippen molar-refractivity contribution >= 4 is 35.6 Å². The highest BCUT2D eigenvalue weighted by atomic mass is 16.4. The number of nitrogens with one attached hydrogen (secondary N) is 3. The van der Waals surface area contributed by atoms with E-state index in [1.807, 2.05) is 0 Å². The number of benzene rings is 1. The molecule has 1 aromatic rings. The number of carboxylic acid groups (broad SMARTS) is 2. The van der Waals surface area contributed by atoms with Crippen LogP contribution in [0.1, 0.15) is 38.7 Å². The van der Waals surface area contributed by atoms with Gasteiger partial charge in [0, 0.05) is 12.8 Å². The number of carbonyl (C=O) groups is 6. The summed E-state index contributed by atoms with van der Waals surface area (Å²) in [6.07, 6.45) is -1.47. The monoisotopic (exact) mass is 523 g/mol. The van der Waals surface area contributed by atoms with Crippen molar-refractivity contribution in [2.24, 2.45) is 17.4 Å². The van der Waals surface area contributed by atoms with Gasteiger partial charge >= 0.3 is 11.9 Å². The molecular weight excluding hydrogens is 490 g/mol. The Morgan fingerprint density at radius 2 is 1.43 bits per heavy atom. The largest absolute Gasteiger partial charge is 0.508 e. The maximum Gasteiger partial charge on any atom is 0.326 e. The van der Waals surface area contributed by atoms with E-state index in [1.165, 1.54) is 24.3 Å². The van der Waals surface area contributed by atoms with Crippen LogP contribution in [0.2, 0.25) is 0 Å². The van der Waals surface area contributed by atoms with E-state index in [1.54, 1.807) is 13.8 Å². The maximum atomic E-state index is 13.1. The Bertz CT molecular complexity index is 997. The van der Waals surface area contributed by atoms with E-state index in [0.29, 0.717) is 5.56 Å². The lowest BCUT2D eigenvalue weighted by molar-refractivity contribution is -0.143. The molecule has 0 heterocycles. The number of carbonyl (C=O) groups excluding carboxylic acids is 4. The zero-order chi connectivity index (χ0) is 28.3. The number of carboxylic acids is 2. The summed E-state index contributed by atoms with van der Waals surface area (Å²) in [5, 5.41) is 34.9. The minimum atomic E-state index is -1.53. The number of hydrogen-bond acceptors (Lipinski definition) is 8. The molecular formula is C23H33N5O9. The van der Waals surface area contributed by atoms with Gasteiger partial charge in [0.25, 0.3) is 0 Å². The van der Waals surface area contributed by atoms with Gasteiger partial charge in [-0.05, 0) is 30.0 Å². The quantitative estimate of drug-likeness (QED) is 0.128. The van der Waals surface area contributed by atoms with Gasteiger partial charge in [0.15, 0.2) is 0 Å². The van der Waals surface area contributed by atoms with Crippen molar-refractivity contribution in [2.75, 3.05) is 0 Å². The molecule has 4 amide bonds. The summed E-state index contributed by atoms with van der Waals surface area (Å²) in [6, 6.07) is 0.358. The first kappa shape index (κ1) is 30.8. The summed E-state index contributed by atoms with van der Waals surface area (Å²) < 4.78 is 0. The number of hydrogen-bond donors (Lipinski definition) is 8. The Hall–Kier alpha value is -4.20. The highest BCUT2D eigenvalue weighted by Crippen LogP contribution is 2.13. The van der Waals surface area contributed by atoms with E-state index in [-0.39, 0.29) is 12.2 Å². The second kappa shape index (κ2) is 14.4. The molecule has 0 aliphatic rings. The first-order valence-electron chi connectivity index (χ1n) is 11.4. The molecule has 0 aliphatic heterocycles. The van der Waals surface area contributed by atoms with E-state index >= 15 is 0 Å². The number of phenols is 1. The van der Waals surface area contributed by atoms with Gasteiger partial charge in [0.2, 0.25) is 23.6 Å². The van der Waals surface area contributed by atoms with Crippen molar-refractivity contribution in [1.29, 1.82) is 0 Å². The van der Waals surface area contributed by atoms with Gasteiger partial charge in [-0.15, -0.1) is 0 Å². The van der Waals surface area contributed by atoms with Crippen LogP contribution in [0.3, 0.4) is 0 Å². The fourth-order valence-electron chi connectivity index (χ4n) is 3.24. The van der Waals surface area contributed by atoms with Gasteiger partial charge in [0.05, 0.1) is 12.5 Å². The third-order valence-corrected chi connectivity index (χ3v) is 5.28. The topological polar surface area (TPSA) is 251 Å². The molecule has 1 rings (SSSR count). The Balaban J connectivity index is 3.13. The van der Waals surface area contributed by atoms with Crippen molar-refractivity contribution < 1.29 is 44.1 Å². The van der Waals surface area contributed by atoms with Crippen LogP contribution >= 0.6 is 0 Å². The van der Waals surface area contributed by atoms with E-state index in [0.717, 1.165) is 0 Å². The Kier molecular flexibility index (Phi) is 12.0. The second-order valence-electron chi connectivity index (χ2n) is 8.77. The Labute approximate surface area is 212 Å². The van der Waals surface area contributed by atoms with Crippen molar-refractivity contribution in [3.05, 3.63) is 29.8 Å². The van der Waals surface area contributed by atoms with Gasteiger partial charge in [-0.2, -0.15) is 0 Å². The molecule has 14 nitrogen and oxygen atoms in total. The summed E-state index contributed by atoms with van der Waals surface area (Å²) >= 11 is 0. The van der Waals surface area contributed by atoms with Crippen LogP contribution in [0, 0.1) is 5.92 Å². The molecule has 1 aromatic carbocycles. The molecule has 0 aliphatic carbocycles. The fourth-order valence-corrected chi connectivity index (χ4v) is 3.24. The molecule has 0 radical (unpaired) electrons. The van der Waals surface area contributed by atoms with Gasteiger partial charge in [-0.3, -0.25) is 24.0 Å². The summed E-state index contributed by atoms with van der Waals surface area (Å²) in [5.74, 6) is -6.54. The third kappa shape index (κ3) is 10.9. The molecule has 0 aromatic heterocycles. The lowest BCUT2D eigenvalue weighted by atomic mass is 10.00. The Morgan fingerprint density at radius 1 is 0.865 bits per heavy atom. The van der Waals surface area contributed by atoms with Gasteiger partial charge in [-0.1, -0.05) is 26.0 Å². The SMILES string of the molecule is CC(C)C(NC(=O)C(N)CC(N)=O)C(=O)NC(Cc1ccc(O)cc1)C(=O)NC(CCC(=O)O)C(=O)O. The Morgan fingerprint density at radius 3 is 1.92 bits per heavy atom. The lowest BCUT2D eigenvalue weighted by Gasteiger charge is -2.27. The smallest absolute Gasteiger partial charge is 0.326 e. The maximum absolute atomic E-state index is 13.1. The van der Waals surface area contributed by atoms with Crippen molar-refractivity contribution in [2.45, 2.75) is 63.7 Å². The second-order valence-corrected chi connectivity index (χ2v) is 8.77. The van der Waals surface area contributed by atoms with Crippen LogP contribution in [0.15, 0.2) is 24.3 Å². The lowest BCUT2D eigenvalue weighted by Crippen LogP contribution is -2.59. The average molecular weight is 524 g/mol. The highest BCUT2D eigenvalue weighted by molar-refractivity contribution is 5.95. The minimum Gasteiger partial charge on any atom is -0.508 e. The van der Waals surface area contributed by atoms with Crippen LogP contribution in [0.4, 0.5) is 0 Å². The van der Waals surface area contributed by atoms with E-state index in [4.69, 9.17) is 16.6 Å². The molecule has 0 bridgehead atoms. The zero-order valence-corrected chi connectivity index (χ0v) is 20.5. The number of nitrogens with two attached hydrogens (primary N) is 2. The van der Waals surface area contributed by atoms with E-state index < -0.39 is 84.9 Å². The minimum absolute atomic E-state index is 0.0386. The molecule has 0 saturated carbocycles. The first-order valence-corrected chi connectivity index (χ1v) is 11.4. The average Bonchev–Trinajstić information content (AvgIpc) is 2.79. The van der Waals surface area contributed by atoms with Gasteiger partial charge < -0.3 is 42.7 Å². The van der Waals surface area contributed by atoms with Crippen molar-refractivity contribution in [3.8, 4) is 5.75 Å². The third-order valence-electron chi connectivity index (χ3n) is 5.28. The predicted molar refractivity (Wildman–Crippen MR) is 129 cm³/mol. The summed E-state index contributed by atoms with van der Waals surface area (Å²) in [7, 11) is 0. The van der Waals surface area contributed by atoms with E-state index in [2.05, 4.69) is 16.0 Å². The zero-order valence-electron chi connectivity index (χ0n) is 20.5. The van der Waals surface area contributed by atoms with Gasteiger partial charge in [-0.25, -0.2) is 4.79 Å². The normalized spacial score (nSPS) is 14.1. The molecule has 10 N–H and O–H groups in total. The molecule has 0 spiro atoms. The number of aromatic hydroxyl groups is 1. The fraction of sp³-hybridized carbons (Fsp3) is 0.478. The number of phenolic OH excluding ortho intramolecular Hbond substituents is 1. The number of primary amides is 1. The highest BCUT2D eigenvalue weighted by Gasteiger charge is 2.32. The van der Waals surface area contributed by atoms with Crippen molar-refractivity contribution in [3.63, 3.8) is 0 Å². The predicted octanol–water partition coefficient (Wildman–Crippen LogP) is -1.80. The van der Waals surface area contributed by atoms with Crippen LogP contribution in [-0.4, -0.2) is 75.1 Å². The van der Waals surface area contributed by atoms with Gasteiger partial charge in [0.1, 0.15) is 23.9 Å². The van der Waals surface area contributed by atoms with E-state index in [9.17, 15) is 39.0 Å². The molecule has 37 heavy (non-hydrogen) atoms. The molecule has 14 heteroatoms. The molecule has 0 fully saturated rings. The van der Waals surface area contributed by atoms with Crippen LogP contribution in [-0.2, 0) is 35.2 Å². The van der Waals surface area contributed by atoms with Crippen LogP contribution in [0.5, 0.6) is 5.75 Å². The van der Waals surface area contributed by atoms with Crippen LogP contribution in [0.25, 0.3) is 0 Å². The number of rotatable bonds is 15. The van der Waals surface area contributed by atoms with Crippen molar-refractivity contribution in [1.82, 2.24) is 16.0 Å². The standard InChI is InChI=1S/C23H33N5O9/c1-11(2)19(28-20(33)14(24)10-17(25)30)22(35)27-16(9-12-3-5-13(29)6-4-12)21(34)26-15(23(36)37)7-8-18(31)32/h3-6,11,14-16,19,29H,7-10,24H2,1-2H3,(H2,25,30)(H,26,34)(H,27,35)(H,28,33)(H,31,32)(H,36,37). The summed E-state index contributed by atoms with van der Waals surface area (Å²) in [4.78, 5) is 71.9. The number of aliphatic carboxylic acids is 2. The molecule has 4 unspecified atom stereocenters. The molecule has 0 saturated heterocycles. The summed E-state index contributed by atoms with van der Waals surface area (Å²) in [5.41, 5.74) is 11.2.